The predicted molar refractivity (Wildman–Crippen MR) is 101 cm³/mol. The molecule has 0 heterocycles. The molecule has 0 aromatic heterocycles. The maximum atomic E-state index is 12.3. The molecule has 0 unspecified atom stereocenters. The average Bonchev–Trinajstić information content (AvgIpc) is 3.42. The first-order valence-corrected chi connectivity index (χ1v) is 9.44. The van der Waals surface area contributed by atoms with Crippen molar-refractivity contribution in [3.05, 3.63) is 35.4 Å². The Balaban J connectivity index is 1.95. The Kier molecular flexibility index (Phi) is 6.61. The van der Waals surface area contributed by atoms with Crippen LogP contribution in [0.3, 0.4) is 0 Å². The number of hydrogen-bond acceptors (Lipinski definition) is 3. The van der Waals surface area contributed by atoms with E-state index in [-0.39, 0.29) is 18.5 Å². The monoisotopic (exact) mass is 341 g/mol. The van der Waals surface area contributed by atoms with Crippen LogP contribution < -0.4 is 10.6 Å². The van der Waals surface area contributed by atoms with Crippen molar-refractivity contribution >= 4 is 5.91 Å². The fourth-order valence-corrected chi connectivity index (χ4v) is 3.34. The molecule has 0 aliphatic heterocycles. The van der Waals surface area contributed by atoms with Crippen LogP contribution in [0, 0.1) is 23.2 Å². The van der Waals surface area contributed by atoms with Gasteiger partial charge in [-0.05, 0) is 49.1 Å². The normalized spacial score (nSPS) is 17.6. The highest BCUT2D eigenvalue weighted by Gasteiger charge is 2.42. The van der Waals surface area contributed by atoms with Crippen LogP contribution in [0.2, 0.25) is 0 Å². The van der Waals surface area contributed by atoms with Gasteiger partial charge in [0.2, 0.25) is 5.91 Å². The molecule has 4 heteroatoms. The first-order valence-electron chi connectivity index (χ1n) is 9.44. The van der Waals surface area contributed by atoms with Gasteiger partial charge in [-0.1, -0.05) is 51.5 Å². The Labute approximate surface area is 152 Å². The summed E-state index contributed by atoms with van der Waals surface area (Å²) in [5, 5.41) is 15.7. The van der Waals surface area contributed by atoms with Crippen molar-refractivity contribution in [2.75, 3.05) is 6.54 Å². The lowest BCUT2D eigenvalue weighted by molar-refractivity contribution is -0.121. The summed E-state index contributed by atoms with van der Waals surface area (Å²) in [5.41, 5.74) is 1.82. The third-order valence-electron chi connectivity index (χ3n) is 5.05. The maximum Gasteiger partial charge on any atom is 0.235 e. The molecule has 1 aliphatic carbocycles. The zero-order valence-electron chi connectivity index (χ0n) is 15.9. The van der Waals surface area contributed by atoms with E-state index in [1.807, 2.05) is 6.92 Å². The number of amides is 1. The van der Waals surface area contributed by atoms with Crippen molar-refractivity contribution in [2.24, 2.45) is 11.8 Å². The minimum Gasteiger partial charge on any atom is -0.337 e. The van der Waals surface area contributed by atoms with Crippen molar-refractivity contribution in [1.29, 1.82) is 5.26 Å². The molecule has 0 saturated heterocycles. The van der Waals surface area contributed by atoms with E-state index in [1.165, 1.54) is 11.1 Å². The number of hydrogen-bond donors (Lipinski definition) is 2. The van der Waals surface area contributed by atoms with Crippen molar-refractivity contribution in [3.8, 4) is 6.07 Å². The van der Waals surface area contributed by atoms with E-state index in [2.05, 4.69) is 61.7 Å². The van der Waals surface area contributed by atoms with Gasteiger partial charge in [0.15, 0.2) is 0 Å². The second-order valence-electron chi connectivity index (χ2n) is 7.73. The van der Waals surface area contributed by atoms with Crippen molar-refractivity contribution < 1.29 is 4.79 Å². The molecule has 2 atom stereocenters. The van der Waals surface area contributed by atoms with Crippen LogP contribution in [0.4, 0.5) is 0 Å². The van der Waals surface area contributed by atoms with Crippen LogP contribution in [0.1, 0.15) is 64.1 Å². The molecule has 1 aromatic rings. The fraction of sp³-hybridized carbons (Fsp3) is 0.619. The summed E-state index contributed by atoms with van der Waals surface area (Å²) in [6.45, 7) is 8.54. The number of carbonyl (C=O) groups excluding carboxylic acids is 1. The number of benzene rings is 1. The van der Waals surface area contributed by atoms with E-state index >= 15 is 0 Å². The first kappa shape index (κ1) is 19.5. The van der Waals surface area contributed by atoms with Gasteiger partial charge < -0.3 is 10.6 Å². The van der Waals surface area contributed by atoms with Crippen molar-refractivity contribution in [3.63, 3.8) is 0 Å². The van der Waals surface area contributed by atoms with E-state index in [0.29, 0.717) is 11.8 Å². The minimum atomic E-state index is -0.728. The quantitative estimate of drug-likeness (QED) is 0.719. The number of nitrogens with zero attached hydrogens (tertiary/aromatic N) is 1. The van der Waals surface area contributed by atoms with Gasteiger partial charge in [0.25, 0.3) is 0 Å². The number of aryl methyl sites for hydroxylation is 1. The van der Waals surface area contributed by atoms with Gasteiger partial charge in [0.1, 0.15) is 5.54 Å². The molecule has 4 nitrogen and oxygen atoms in total. The summed E-state index contributed by atoms with van der Waals surface area (Å²) in [6, 6.07) is 11.1. The zero-order chi connectivity index (χ0) is 18.4. The Bertz CT molecular complexity index is 613. The lowest BCUT2D eigenvalue weighted by atomic mass is 9.94. The van der Waals surface area contributed by atoms with Crippen LogP contribution in [-0.4, -0.2) is 18.0 Å². The highest BCUT2D eigenvalue weighted by molar-refractivity contribution is 5.79. The van der Waals surface area contributed by atoms with Crippen LogP contribution in [0.15, 0.2) is 24.3 Å². The molecule has 2 rings (SSSR count). The zero-order valence-corrected chi connectivity index (χ0v) is 15.9. The summed E-state index contributed by atoms with van der Waals surface area (Å²) >= 11 is 0. The smallest absolute Gasteiger partial charge is 0.235 e. The fourth-order valence-electron chi connectivity index (χ4n) is 3.34. The standard InChI is InChI=1S/C21H31N3O/c1-5-6-16-7-9-17(10-8-16)20(15(2)3)23-13-19(25)24-21(4,14-22)18-11-12-18/h7-10,15,18,20,23H,5-6,11-13H2,1-4H3,(H,24,25)/t20-,21-/m0/s1. The van der Waals surface area contributed by atoms with Gasteiger partial charge in [-0.25, -0.2) is 0 Å². The lowest BCUT2D eigenvalue weighted by Crippen LogP contribution is -2.50. The number of nitrogens with one attached hydrogen (secondary N) is 2. The third-order valence-corrected chi connectivity index (χ3v) is 5.05. The van der Waals surface area contributed by atoms with E-state index in [1.54, 1.807) is 0 Å². The molecule has 1 aliphatic rings. The second-order valence-corrected chi connectivity index (χ2v) is 7.73. The third kappa shape index (κ3) is 5.31. The van der Waals surface area contributed by atoms with E-state index in [4.69, 9.17) is 0 Å². The Morgan fingerprint density at radius 3 is 2.44 bits per heavy atom. The van der Waals surface area contributed by atoms with E-state index in [0.717, 1.165) is 25.7 Å². The SMILES string of the molecule is CCCc1ccc([C@@H](NCC(=O)N[C@@](C)(C#N)C2CC2)C(C)C)cc1. The van der Waals surface area contributed by atoms with Gasteiger partial charge in [-0.15, -0.1) is 0 Å². The second kappa shape index (κ2) is 8.49. The molecule has 136 valence electrons. The van der Waals surface area contributed by atoms with Gasteiger partial charge in [0, 0.05) is 6.04 Å². The van der Waals surface area contributed by atoms with E-state index < -0.39 is 5.54 Å². The van der Waals surface area contributed by atoms with Gasteiger partial charge in [-0.3, -0.25) is 4.79 Å². The van der Waals surface area contributed by atoms with Gasteiger partial charge in [0.05, 0.1) is 12.6 Å². The number of rotatable bonds is 9. The topological polar surface area (TPSA) is 64.9 Å². The van der Waals surface area contributed by atoms with Crippen LogP contribution in [0.25, 0.3) is 0 Å². The van der Waals surface area contributed by atoms with Crippen molar-refractivity contribution in [2.45, 2.75) is 65.0 Å². The predicted octanol–water partition coefficient (Wildman–Crippen LogP) is 3.73. The molecule has 25 heavy (non-hydrogen) atoms. The number of carbonyl (C=O) groups is 1. The van der Waals surface area contributed by atoms with Crippen LogP contribution in [0.5, 0.6) is 0 Å². The molecule has 1 amide bonds. The molecule has 0 bridgehead atoms. The maximum absolute atomic E-state index is 12.3. The van der Waals surface area contributed by atoms with Gasteiger partial charge in [-0.2, -0.15) is 5.26 Å². The summed E-state index contributed by atoms with van der Waals surface area (Å²) in [6.07, 6.45) is 4.29. The van der Waals surface area contributed by atoms with E-state index in [9.17, 15) is 10.1 Å². The molecule has 1 fully saturated rings. The molecule has 0 spiro atoms. The molecular weight excluding hydrogens is 310 g/mol. The van der Waals surface area contributed by atoms with Crippen LogP contribution in [-0.2, 0) is 11.2 Å². The molecular formula is C21H31N3O. The Morgan fingerprint density at radius 2 is 1.96 bits per heavy atom. The molecule has 1 aromatic carbocycles. The minimum absolute atomic E-state index is 0.107. The summed E-state index contributed by atoms with van der Waals surface area (Å²) in [7, 11) is 0. The van der Waals surface area contributed by atoms with Gasteiger partial charge >= 0.3 is 0 Å². The molecule has 2 N–H and O–H groups in total. The lowest BCUT2D eigenvalue weighted by Gasteiger charge is -2.26. The van der Waals surface area contributed by atoms with Crippen LogP contribution >= 0.6 is 0 Å². The highest BCUT2D eigenvalue weighted by Crippen LogP contribution is 2.39. The summed E-state index contributed by atoms with van der Waals surface area (Å²) < 4.78 is 0. The Hall–Kier alpha value is -1.86. The molecule has 0 radical (unpaired) electrons. The highest BCUT2D eigenvalue weighted by atomic mass is 16.2. The molecule has 1 saturated carbocycles. The summed E-state index contributed by atoms with van der Waals surface area (Å²) in [5.74, 6) is 0.563. The largest absolute Gasteiger partial charge is 0.337 e. The summed E-state index contributed by atoms with van der Waals surface area (Å²) in [4.78, 5) is 12.3. The number of nitriles is 1. The first-order chi connectivity index (χ1) is 11.9. The van der Waals surface area contributed by atoms with Crippen molar-refractivity contribution in [1.82, 2.24) is 10.6 Å². The Morgan fingerprint density at radius 1 is 1.32 bits per heavy atom. The average molecular weight is 341 g/mol.